The minimum absolute atomic E-state index is 0.223. The van der Waals surface area contributed by atoms with Gasteiger partial charge in [0.2, 0.25) is 0 Å². The third kappa shape index (κ3) is 3.03. The Bertz CT molecular complexity index is 634. The number of aromatic carboxylic acids is 1. The summed E-state index contributed by atoms with van der Waals surface area (Å²) in [7, 11) is 0. The summed E-state index contributed by atoms with van der Waals surface area (Å²) in [6.07, 6.45) is 2.94. The third-order valence-electron chi connectivity index (χ3n) is 2.72. The number of hydrogen-bond acceptors (Lipinski definition) is 4. The molecule has 1 heterocycles. The number of carboxylic acid groups (broad SMARTS) is 1. The van der Waals surface area contributed by atoms with Crippen LogP contribution in [0, 0.1) is 0 Å². The summed E-state index contributed by atoms with van der Waals surface area (Å²) >= 11 is 0. The smallest absolute Gasteiger partial charge is 0.341 e. The van der Waals surface area contributed by atoms with E-state index in [1.54, 1.807) is 25.1 Å². The van der Waals surface area contributed by atoms with E-state index in [-0.39, 0.29) is 12.1 Å². The van der Waals surface area contributed by atoms with E-state index in [0.717, 1.165) is 0 Å². The molecule has 1 aromatic carbocycles. The zero-order chi connectivity index (χ0) is 14.5. The topological polar surface area (TPSA) is 81.4 Å². The van der Waals surface area contributed by atoms with Crippen molar-refractivity contribution in [1.29, 1.82) is 0 Å². The number of aromatic nitrogens is 2. The van der Waals surface area contributed by atoms with Gasteiger partial charge in [-0.3, -0.25) is 4.68 Å². The number of carboxylic acids is 1. The van der Waals surface area contributed by atoms with Crippen LogP contribution in [0.1, 0.15) is 33.2 Å². The lowest BCUT2D eigenvalue weighted by atomic mass is 10.1. The molecule has 20 heavy (non-hydrogen) atoms. The molecule has 0 aliphatic rings. The first-order chi connectivity index (χ1) is 9.61. The number of rotatable bonds is 5. The molecule has 0 saturated heterocycles. The van der Waals surface area contributed by atoms with Crippen LogP contribution in [-0.2, 0) is 11.3 Å². The lowest BCUT2D eigenvalue weighted by molar-refractivity contribution is 0.0525. The van der Waals surface area contributed by atoms with Crippen LogP contribution in [-0.4, -0.2) is 33.4 Å². The number of carbonyl (C=O) groups is 2. The summed E-state index contributed by atoms with van der Waals surface area (Å²) in [5, 5.41) is 13.1. The molecule has 0 spiro atoms. The van der Waals surface area contributed by atoms with Crippen molar-refractivity contribution < 1.29 is 19.4 Å². The zero-order valence-electron chi connectivity index (χ0n) is 10.9. The van der Waals surface area contributed by atoms with E-state index in [0.29, 0.717) is 17.7 Å². The summed E-state index contributed by atoms with van der Waals surface area (Å²) in [6, 6.07) is 6.68. The molecule has 0 atom stereocenters. The first kappa shape index (κ1) is 13.8. The van der Waals surface area contributed by atoms with E-state index < -0.39 is 11.9 Å². The SMILES string of the molecule is CCOC(=O)c1cnn(Cc2ccccc2C(=O)O)c1. The van der Waals surface area contributed by atoms with Gasteiger partial charge in [0.15, 0.2) is 0 Å². The molecule has 0 fully saturated rings. The summed E-state index contributed by atoms with van der Waals surface area (Å²) < 4.78 is 6.38. The quantitative estimate of drug-likeness (QED) is 0.841. The molecule has 0 amide bonds. The largest absolute Gasteiger partial charge is 0.478 e. The van der Waals surface area contributed by atoms with Gasteiger partial charge in [0, 0.05) is 6.20 Å². The molecule has 0 saturated carbocycles. The lowest BCUT2D eigenvalue weighted by Crippen LogP contribution is -2.07. The Morgan fingerprint density at radius 3 is 2.80 bits per heavy atom. The fourth-order valence-electron chi connectivity index (χ4n) is 1.81. The van der Waals surface area contributed by atoms with E-state index in [1.165, 1.54) is 23.1 Å². The average Bonchev–Trinajstić information content (AvgIpc) is 2.88. The number of ether oxygens (including phenoxy) is 1. The molecule has 2 aromatic rings. The first-order valence-electron chi connectivity index (χ1n) is 6.12. The van der Waals surface area contributed by atoms with Crippen molar-refractivity contribution in [2.75, 3.05) is 6.61 Å². The Labute approximate surface area is 115 Å². The molecular weight excluding hydrogens is 260 g/mol. The second kappa shape index (κ2) is 6.01. The van der Waals surface area contributed by atoms with Crippen molar-refractivity contribution >= 4 is 11.9 Å². The van der Waals surface area contributed by atoms with Crippen molar-refractivity contribution in [2.24, 2.45) is 0 Å². The van der Waals surface area contributed by atoms with Crippen LogP contribution in [0.3, 0.4) is 0 Å². The van der Waals surface area contributed by atoms with Gasteiger partial charge >= 0.3 is 11.9 Å². The zero-order valence-corrected chi connectivity index (χ0v) is 10.9. The monoisotopic (exact) mass is 274 g/mol. The molecule has 104 valence electrons. The number of benzene rings is 1. The summed E-state index contributed by atoms with van der Waals surface area (Å²) in [5.74, 6) is -1.43. The summed E-state index contributed by atoms with van der Waals surface area (Å²) in [6.45, 7) is 2.30. The van der Waals surface area contributed by atoms with Gasteiger partial charge in [0.1, 0.15) is 0 Å². The Kier molecular flexibility index (Phi) is 4.14. The second-order valence-electron chi connectivity index (χ2n) is 4.11. The van der Waals surface area contributed by atoms with Crippen molar-refractivity contribution in [2.45, 2.75) is 13.5 Å². The average molecular weight is 274 g/mol. The van der Waals surface area contributed by atoms with E-state index in [4.69, 9.17) is 9.84 Å². The molecule has 6 nitrogen and oxygen atoms in total. The minimum atomic E-state index is -0.988. The van der Waals surface area contributed by atoms with Gasteiger partial charge in [0.25, 0.3) is 0 Å². The summed E-state index contributed by atoms with van der Waals surface area (Å²) in [5.41, 5.74) is 1.19. The highest BCUT2D eigenvalue weighted by Gasteiger charge is 2.12. The van der Waals surface area contributed by atoms with Crippen LogP contribution in [0.5, 0.6) is 0 Å². The predicted molar refractivity (Wildman–Crippen MR) is 70.7 cm³/mol. The molecule has 0 aliphatic carbocycles. The van der Waals surface area contributed by atoms with Gasteiger partial charge in [-0.05, 0) is 18.6 Å². The first-order valence-corrected chi connectivity index (χ1v) is 6.12. The van der Waals surface area contributed by atoms with Crippen LogP contribution in [0.25, 0.3) is 0 Å². The maximum atomic E-state index is 11.5. The van der Waals surface area contributed by atoms with Gasteiger partial charge in [-0.1, -0.05) is 18.2 Å². The van der Waals surface area contributed by atoms with Gasteiger partial charge in [-0.2, -0.15) is 5.10 Å². The molecule has 2 rings (SSSR count). The number of nitrogens with zero attached hydrogens (tertiary/aromatic N) is 2. The number of esters is 1. The van der Waals surface area contributed by atoms with Crippen LogP contribution in [0.15, 0.2) is 36.7 Å². The molecule has 0 bridgehead atoms. The molecular formula is C14H14N2O4. The van der Waals surface area contributed by atoms with Crippen LogP contribution < -0.4 is 0 Å². The van der Waals surface area contributed by atoms with E-state index >= 15 is 0 Å². The highest BCUT2D eigenvalue weighted by Crippen LogP contribution is 2.11. The fourth-order valence-corrected chi connectivity index (χ4v) is 1.81. The normalized spacial score (nSPS) is 10.2. The fraction of sp³-hybridized carbons (Fsp3) is 0.214. The molecule has 0 aliphatic heterocycles. The Morgan fingerprint density at radius 2 is 2.10 bits per heavy atom. The minimum Gasteiger partial charge on any atom is -0.478 e. The van der Waals surface area contributed by atoms with Crippen LogP contribution in [0.4, 0.5) is 0 Å². The van der Waals surface area contributed by atoms with Gasteiger partial charge in [-0.25, -0.2) is 9.59 Å². The molecule has 1 aromatic heterocycles. The lowest BCUT2D eigenvalue weighted by Gasteiger charge is -2.05. The Morgan fingerprint density at radius 1 is 1.35 bits per heavy atom. The maximum absolute atomic E-state index is 11.5. The maximum Gasteiger partial charge on any atom is 0.341 e. The number of carbonyl (C=O) groups excluding carboxylic acids is 1. The van der Waals surface area contributed by atoms with E-state index in [9.17, 15) is 9.59 Å². The van der Waals surface area contributed by atoms with Crippen molar-refractivity contribution in [3.8, 4) is 0 Å². The van der Waals surface area contributed by atoms with Gasteiger partial charge < -0.3 is 9.84 Å². The van der Waals surface area contributed by atoms with Gasteiger partial charge in [-0.15, -0.1) is 0 Å². The van der Waals surface area contributed by atoms with Gasteiger partial charge in [0.05, 0.1) is 30.5 Å². The highest BCUT2D eigenvalue weighted by atomic mass is 16.5. The van der Waals surface area contributed by atoms with E-state index in [1.807, 2.05) is 0 Å². The molecule has 0 radical (unpaired) electrons. The molecule has 6 heteroatoms. The highest BCUT2D eigenvalue weighted by molar-refractivity contribution is 5.89. The third-order valence-corrected chi connectivity index (χ3v) is 2.72. The van der Waals surface area contributed by atoms with Crippen molar-refractivity contribution in [1.82, 2.24) is 9.78 Å². The van der Waals surface area contributed by atoms with Crippen molar-refractivity contribution in [3.63, 3.8) is 0 Å². The Hall–Kier alpha value is -2.63. The molecule has 0 unspecified atom stereocenters. The van der Waals surface area contributed by atoms with E-state index in [2.05, 4.69) is 5.10 Å². The Balaban J connectivity index is 2.19. The second-order valence-corrected chi connectivity index (χ2v) is 4.11. The van der Waals surface area contributed by atoms with Crippen LogP contribution >= 0.6 is 0 Å². The molecule has 1 N–H and O–H groups in total. The van der Waals surface area contributed by atoms with Crippen molar-refractivity contribution in [3.05, 3.63) is 53.3 Å². The summed E-state index contributed by atoms with van der Waals surface area (Å²) in [4.78, 5) is 22.6. The standard InChI is InChI=1S/C14H14N2O4/c1-2-20-14(19)11-7-15-16(9-11)8-10-5-3-4-6-12(10)13(17)18/h3-7,9H,2,8H2,1H3,(H,17,18). The number of hydrogen-bond donors (Lipinski definition) is 1. The predicted octanol–water partition coefficient (Wildman–Crippen LogP) is 1.81. The van der Waals surface area contributed by atoms with Crippen LogP contribution in [0.2, 0.25) is 0 Å².